The summed E-state index contributed by atoms with van der Waals surface area (Å²) in [5.41, 5.74) is 2.51. The Morgan fingerprint density at radius 2 is 1.95 bits per heavy atom. The molecule has 0 unspecified atom stereocenters. The molecular formula is C12H23N5O2. The highest BCUT2D eigenvalue weighted by Gasteiger charge is 2.03. The molecule has 0 aromatic carbocycles. The summed E-state index contributed by atoms with van der Waals surface area (Å²) in [6.07, 6.45) is 4.04. The minimum atomic E-state index is 0.269. The Kier molecular flexibility index (Phi) is 7.80. The highest BCUT2D eigenvalue weighted by molar-refractivity contribution is 5.46. The maximum absolute atomic E-state index is 8.68. The van der Waals surface area contributed by atoms with Crippen LogP contribution < -0.4 is 16.6 Å². The molecule has 1 aromatic heterocycles. The van der Waals surface area contributed by atoms with Gasteiger partial charge in [0.05, 0.1) is 0 Å². The Morgan fingerprint density at radius 3 is 2.63 bits per heavy atom. The third kappa shape index (κ3) is 6.32. The topological polar surface area (TPSA) is 105 Å². The van der Waals surface area contributed by atoms with Crippen LogP contribution in [0.4, 0.5) is 11.6 Å². The average Bonchev–Trinajstić information content (AvgIpc) is 2.43. The highest BCUT2D eigenvalue weighted by Crippen LogP contribution is 2.11. The van der Waals surface area contributed by atoms with E-state index in [0.29, 0.717) is 18.2 Å². The molecule has 5 N–H and O–H groups in total. The van der Waals surface area contributed by atoms with Crippen molar-refractivity contribution >= 4 is 11.6 Å². The number of methoxy groups -OCH3 is 1. The number of nitrogens with one attached hydrogen (secondary N) is 2. The van der Waals surface area contributed by atoms with Gasteiger partial charge in [0, 0.05) is 26.3 Å². The van der Waals surface area contributed by atoms with Gasteiger partial charge >= 0.3 is 0 Å². The molecule has 0 fully saturated rings. The molecule has 1 aromatic rings. The predicted octanol–water partition coefficient (Wildman–Crippen LogP) is 0.873. The van der Waals surface area contributed by atoms with Crippen molar-refractivity contribution in [2.45, 2.75) is 32.3 Å². The van der Waals surface area contributed by atoms with Gasteiger partial charge in [-0.3, -0.25) is 0 Å². The highest BCUT2D eigenvalue weighted by atomic mass is 16.5. The van der Waals surface area contributed by atoms with Crippen LogP contribution in [-0.2, 0) is 11.3 Å². The second-order valence-electron chi connectivity index (χ2n) is 4.20. The summed E-state index contributed by atoms with van der Waals surface area (Å²) in [6.45, 7) is 1.45. The number of unbranched alkanes of at least 4 members (excludes halogenated alkanes) is 3. The van der Waals surface area contributed by atoms with Gasteiger partial charge in [-0.2, -0.15) is 0 Å². The lowest BCUT2D eigenvalue weighted by Gasteiger charge is -2.09. The van der Waals surface area contributed by atoms with E-state index in [2.05, 4.69) is 20.7 Å². The van der Waals surface area contributed by atoms with Crippen molar-refractivity contribution in [1.29, 1.82) is 0 Å². The Morgan fingerprint density at radius 1 is 1.21 bits per heavy atom. The molecule has 108 valence electrons. The second kappa shape index (κ2) is 9.48. The van der Waals surface area contributed by atoms with E-state index in [0.717, 1.165) is 38.0 Å². The van der Waals surface area contributed by atoms with Crippen LogP contribution in [0, 0.1) is 0 Å². The van der Waals surface area contributed by atoms with Crippen molar-refractivity contribution in [3.63, 3.8) is 0 Å². The Bertz CT molecular complexity index is 362. The largest absolute Gasteiger partial charge is 0.396 e. The Balaban J connectivity index is 2.41. The zero-order valence-electron chi connectivity index (χ0n) is 11.4. The molecule has 0 saturated heterocycles. The van der Waals surface area contributed by atoms with Gasteiger partial charge in [-0.25, -0.2) is 15.8 Å². The number of aliphatic hydroxyl groups excluding tert-OH is 1. The van der Waals surface area contributed by atoms with Crippen molar-refractivity contribution in [2.75, 3.05) is 31.0 Å². The average molecular weight is 269 g/mol. The molecule has 0 radical (unpaired) electrons. The third-order valence-corrected chi connectivity index (χ3v) is 2.58. The molecule has 0 aliphatic rings. The van der Waals surface area contributed by atoms with Crippen molar-refractivity contribution in [3.8, 4) is 0 Å². The Hall–Kier alpha value is -1.44. The monoisotopic (exact) mass is 269 g/mol. The number of ether oxygens (including phenoxy) is 1. The maximum Gasteiger partial charge on any atom is 0.158 e. The zero-order chi connectivity index (χ0) is 13.9. The first-order chi connectivity index (χ1) is 9.30. The molecule has 1 rings (SSSR count). The lowest BCUT2D eigenvalue weighted by Crippen LogP contribution is -2.13. The van der Waals surface area contributed by atoms with E-state index in [1.165, 1.54) is 0 Å². The molecular weight excluding hydrogens is 246 g/mol. The molecule has 0 atom stereocenters. The smallest absolute Gasteiger partial charge is 0.158 e. The van der Waals surface area contributed by atoms with E-state index >= 15 is 0 Å². The molecule has 0 aliphatic carbocycles. The van der Waals surface area contributed by atoms with E-state index in [9.17, 15) is 0 Å². The van der Waals surface area contributed by atoms with Gasteiger partial charge in [0.25, 0.3) is 0 Å². The summed E-state index contributed by atoms with van der Waals surface area (Å²) in [6, 6.07) is 1.76. The van der Waals surface area contributed by atoms with Crippen LogP contribution in [0.25, 0.3) is 0 Å². The minimum Gasteiger partial charge on any atom is -0.396 e. The summed E-state index contributed by atoms with van der Waals surface area (Å²) in [7, 11) is 1.60. The number of hydrogen-bond donors (Lipinski definition) is 4. The third-order valence-electron chi connectivity index (χ3n) is 2.58. The first-order valence-electron chi connectivity index (χ1n) is 6.48. The molecule has 0 saturated carbocycles. The van der Waals surface area contributed by atoms with Gasteiger partial charge < -0.3 is 20.6 Å². The quantitative estimate of drug-likeness (QED) is 0.284. The van der Waals surface area contributed by atoms with Crippen LogP contribution in [0.3, 0.4) is 0 Å². The molecule has 1 heterocycles. The summed E-state index contributed by atoms with van der Waals surface area (Å²) in [5.74, 6) is 7.24. The van der Waals surface area contributed by atoms with Crippen LogP contribution in [0.2, 0.25) is 0 Å². The number of hydrogen-bond acceptors (Lipinski definition) is 7. The van der Waals surface area contributed by atoms with E-state index in [1.54, 1.807) is 13.2 Å². The summed E-state index contributed by atoms with van der Waals surface area (Å²) >= 11 is 0. The van der Waals surface area contributed by atoms with E-state index in [1.807, 2.05) is 0 Å². The molecule has 0 spiro atoms. The summed E-state index contributed by atoms with van der Waals surface area (Å²) < 4.78 is 5.01. The van der Waals surface area contributed by atoms with Crippen molar-refractivity contribution in [3.05, 3.63) is 11.9 Å². The second-order valence-corrected chi connectivity index (χ2v) is 4.20. The number of nitrogen functional groups attached to an aromatic ring is 1. The fourth-order valence-corrected chi connectivity index (χ4v) is 1.66. The van der Waals surface area contributed by atoms with Crippen LogP contribution in [0.5, 0.6) is 0 Å². The standard InChI is InChI=1S/C12H23N5O2/c1-19-9-12-15-10(8-11(16-12)17-13)14-6-4-2-3-5-7-18/h8,18H,2-7,9,13H2,1H3,(H2,14,15,16,17). The normalized spacial score (nSPS) is 10.5. The number of nitrogens with zero attached hydrogens (tertiary/aromatic N) is 2. The van der Waals surface area contributed by atoms with Gasteiger partial charge in [-0.15, -0.1) is 0 Å². The number of aromatic nitrogens is 2. The van der Waals surface area contributed by atoms with Gasteiger partial charge in [-0.1, -0.05) is 12.8 Å². The summed E-state index contributed by atoms with van der Waals surface area (Å²) in [5, 5.41) is 11.9. The minimum absolute atomic E-state index is 0.269. The predicted molar refractivity (Wildman–Crippen MR) is 74.6 cm³/mol. The van der Waals surface area contributed by atoms with Gasteiger partial charge in [0.15, 0.2) is 5.82 Å². The van der Waals surface area contributed by atoms with Crippen LogP contribution in [-0.4, -0.2) is 35.3 Å². The molecule has 7 nitrogen and oxygen atoms in total. The van der Waals surface area contributed by atoms with Gasteiger partial charge in [0.2, 0.25) is 0 Å². The lowest BCUT2D eigenvalue weighted by molar-refractivity contribution is 0.178. The van der Waals surface area contributed by atoms with Crippen LogP contribution >= 0.6 is 0 Å². The van der Waals surface area contributed by atoms with E-state index in [-0.39, 0.29) is 6.61 Å². The number of rotatable bonds is 10. The first-order valence-corrected chi connectivity index (χ1v) is 6.48. The Labute approximate surface area is 113 Å². The van der Waals surface area contributed by atoms with E-state index < -0.39 is 0 Å². The van der Waals surface area contributed by atoms with Crippen molar-refractivity contribution in [1.82, 2.24) is 9.97 Å². The summed E-state index contributed by atoms with van der Waals surface area (Å²) in [4.78, 5) is 8.49. The molecule has 0 aliphatic heterocycles. The molecule has 0 amide bonds. The molecule has 19 heavy (non-hydrogen) atoms. The fraction of sp³-hybridized carbons (Fsp3) is 0.667. The zero-order valence-corrected chi connectivity index (χ0v) is 11.4. The van der Waals surface area contributed by atoms with Crippen LogP contribution in [0.1, 0.15) is 31.5 Å². The number of nitrogens with two attached hydrogens (primary N) is 1. The van der Waals surface area contributed by atoms with Gasteiger partial charge in [0.1, 0.15) is 18.2 Å². The number of anilines is 2. The number of hydrazine groups is 1. The lowest BCUT2D eigenvalue weighted by atomic mass is 10.2. The first kappa shape index (κ1) is 15.6. The fourth-order valence-electron chi connectivity index (χ4n) is 1.66. The van der Waals surface area contributed by atoms with Crippen molar-refractivity contribution < 1.29 is 9.84 Å². The molecule has 0 bridgehead atoms. The van der Waals surface area contributed by atoms with Crippen LogP contribution in [0.15, 0.2) is 6.07 Å². The van der Waals surface area contributed by atoms with Gasteiger partial charge in [-0.05, 0) is 12.8 Å². The molecule has 7 heteroatoms. The SMILES string of the molecule is COCc1nc(NN)cc(NCCCCCCO)n1. The number of aliphatic hydroxyl groups is 1. The maximum atomic E-state index is 8.68. The van der Waals surface area contributed by atoms with E-state index in [4.69, 9.17) is 15.7 Å². The van der Waals surface area contributed by atoms with Crippen molar-refractivity contribution in [2.24, 2.45) is 5.84 Å².